The quantitative estimate of drug-likeness (QED) is 0.337. The van der Waals surface area contributed by atoms with E-state index in [0.717, 1.165) is 0 Å². The number of methoxy groups -OCH3 is 1. The fourth-order valence-corrected chi connectivity index (χ4v) is 3.13. The van der Waals surface area contributed by atoms with Gasteiger partial charge >= 0.3 is 5.97 Å². The van der Waals surface area contributed by atoms with E-state index in [1.54, 1.807) is 7.11 Å². The summed E-state index contributed by atoms with van der Waals surface area (Å²) >= 11 is 0. The van der Waals surface area contributed by atoms with Crippen LogP contribution < -0.4 is 0 Å². The van der Waals surface area contributed by atoms with Crippen molar-refractivity contribution in [1.82, 2.24) is 0 Å². The highest BCUT2D eigenvalue weighted by molar-refractivity contribution is 5.74. The van der Waals surface area contributed by atoms with Crippen molar-refractivity contribution in [3.63, 3.8) is 0 Å². The van der Waals surface area contributed by atoms with Gasteiger partial charge in [-0.2, -0.15) is 0 Å². The monoisotopic (exact) mass is 298 g/mol. The molecule has 2 saturated heterocycles. The maximum atomic E-state index is 11.8. The number of rotatable bonds is 4. The number of esters is 1. The molecule has 0 aromatic heterocycles. The van der Waals surface area contributed by atoms with Crippen LogP contribution in [0.2, 0.25) is 0 Å². The first-order valence-corrected chi connectivity index (χ1v) is 7.18. The Labute approximate surface area is 124 Å². The zero-order valence-corrected chi connectivity index (χ0v) is 12.7. The van der Waals surface area contributed by atoms with E-state index < -0.39 is 11.4 Å². The summed E-state index contributed by atoms with van der Waals surface area (Å²) in [7, 11) is 1.55. The molecule has 6 nitrogen and oxygen atoms in total. The molecular weight excluding hydrogens is 276 g/mol. The third-order valence-electron chi connectivity index (χ3n) is 4.25. The minimum Gasteiger partial charge on any atom is -0.452 e. The van der Waals surface area contributed by atoms with Gasteiger partial charge < -0.3 is 23.7 Å². The van der Waals surface area contributed by atoms with E-state index >= 15 is 0 Å². The van der Waals surface area contributed by atoms with Crippen molar-refractivity contribution in [3.05, 3.63) is 12.2 Å². The molecule has 2 aliphatic heterocycles. The smallest absolute Gasteiger partial charge is 0.307 e. The molecule has 3 rings (SSSR count). The second kappa shape index (κ2) is 5.05. The number of hydrogen-bond donors (Lipinski definition) is 0. The maximum absolute atomic E-state index is 11.8. The molecule has 21 heavy (non-hydrogen) atoms. The van der Waals surface area contributed by atoms with Crippen LogP contribution in [0, 0.1) is 11.3 Å². The number of ether oxygens (including phenoxy) is 5. The first kappa shape index (κ1) is 15.0. The van der Waals surface area contributed by atoms with Crippen molar-refractivity contribution in [1.29, 1.82) is 0 Å². The molecule has 0 unspecified atom stereocenters. The normalized spacial score (nSPS) is 36.0. The largest absolute Gasteiger partial charge is 0.452 e. The van der Waals surface area contributed by atoms with Crippen molar-refractivity contribution < 1.29 is 28.5 Å². The standard InChI is InChI=1S/C15H22O6/c1-13(2)7-19-15(20-8-13)5-4-14(9-18-10-17-3)11(15)6-12(16)21-14/h4-5,11H,6-10H2,1-3H3/t11-,14+/m0/s1. The maximum Gasteiger partial charge on any atom is 0.307 e. The zero-order valence-electron chi connectivity index (χ0n) is 12.7. The molecule has 1 spiro atoms. The number of hydrogen-bond acceptors (Lipinski definition) is 6. The van der Waals surface area contributed by atoms with Gasteiger partial charge in [-0.1, -0.05) is 13.8 Å². The van der Waals surface area contributed by atoms with Gasteiger partial charge in [-0.25, -0.2) is 0 Å². The van der Waals surface area contributed by atoms with Crippen LogP contribution in [0.3, 0.4) is 0 Å². The number of fused-ring (bicyclic) bond motifs is 2. The van der Waals surface area contributed by atoms with Gasteiger partial charge in [0.25, 0.3) is 0 Å². The highest BCUT2D eigenvalue weighted by atomic mass is 16.7. The summed E-state index contributed by atoms with van der Waals surface area (Å²) in [5.41, 5.74) is -0.836. The van der Waals surface area contributed by atoms with Crippen LogP contribution in [0.5, 0.6) is 0 Å². The lowest BCUT2D eigenvalue weighted by atomic mass is 9.85. The van der Waals surface area contributed by atoms with Crippen LogP contribution in [-0.2, 0) is 28.5 Å². The zero-order chi connectivity index (χ0) is 15.1. The molecule has 2 fully saturated rings. The molecule has 6 heteroatoms. The molecule has 0 bridgehead atoms. The molecule has 118 valence electrons. The van der Waals surface area contributed by atoms with Crippen LogP contribution in [0.15, 0.2) is 12.2 Å². The summed E-state index contributed by atoms with van der Waals surface area (Å²) in [6.45, 7) is 5.73. The van der Waals surface area contributed by atoms with Crippen LogP contribution in [0.1, 0.15) is 20.3 Å². The lowest BCUT2D eigenvalue weighted by molar-refractivity contribution is -0.300. The highest BCUT2D eigenvalue weighted by Gasteiger charge is 2.63. The predicted molar refractivity (Wildman–Crippen MR) is 72.3 cm³/mol. The summed E-state index contributed by atoms with van der Waals surface area (Å²) in [4.78, 5) is 11.8. The first-order valence-electron chi connectivity index (χ1n) is 7.18. The van der Waals surface area contributed by atoms with Crippen LogP contribution >= 0.6 is 0 Å². The Hall–Kier alpha value is -0.950. The highest BCUT2D eigenvalue weighted by Crippen LogP contribution is 2.51. The van der Waals surface area contributed by atoms with E-state index in [9.17, 15) is 4.79 Å². The Morgan fingerprint density at radius 2 is 2.00 bits per heavy atom. The minimum atomic E-state index is -0.877. The average Bonchev–Trinajstić information content (AvgIpc) is 2.89. The molecule has 0 saturated carbocycles. The lowest BCUT2D eigenvalue weighted by Gasteiger charge is -2.44. The van der Waals surface area contributed by atoms with Gasteiger partial charge in [-0.05, 0) is 12.2 Å². The minimum absolute atomic E-state index is 0.0274. The molecule has 0 N–H and O–H groups in total. The second-order valence-corrected chi connectivity index (χ2v) is 6.74. The molecule has 0 radical (unpaired) electrons. The average molecular weight is 298 g/mol. The van der Waals surface area contributed by atoms with E-state index in [1.807, 2.05) is 12.2 Å². The summed E-state index contributed by atoms with van der Waals surface area (Å²) in [6.07, 6.45) is 3.98. The van der Waals surface area contributed by atoms with E-state index in [2.05, 4.69) is 13.8 Å². The van der Waals surface area contributed by atoms with Gasteiger partial charge in [0, 0.05) is 12.5 Å². The van der Waals surface area contributed by atoms with Gasteiger partial charge in [0.05, 0.1) is 32.2 Å². The summed E-state index contributed by atoms with van der Waals surface area (Å²) in [6, 6.07) is 0. The third kappa shape index (κ3) is 2.50. The Balaban J connectivity index is 1.78. The van der Waals surface area contributed by atoms with Gasteiger partial charge in [0.2, 0.25) is 0 Å². The Morgan fingerprint density at radius 3 is 2.67 bits per heavy atom. The molecule has 2 heterocycles. The van der Waals surface area contributed by atoms with E-state index in [0.29, 0.717) is 13.2 Å². The molecule has 2 atom stereocenters. The van der Waals surface area contributed by atoms with Gasteiger partial charge in [-0.15, -0.1) is 0 Å². The van der Waals surface area contributed by atoms with E-state index in [-0.39, 0.29) is 37.1 Å². The second-order valence-electron chi connectivity index (χ2n) is 6.74. The van der Waals surface area contributed by atoms with Crippen LogP contribution in [0.4, 0.5) is 0 Å². The fraction of sp³-hybridized carbons (Fsp3) is 0.800. The van der Waals surface area contributed by atoms with E-state index in [4.69, 9.17) is 23.7 Å². The Morgan fingerprint density at radius 1 is 1.29 bits per heavy atom. The van der Waals surface area contributed by atoms with Gasteiger partial charge in [0.1, 0.15) is 6.79 Å². The predicted octanol–water partition coefficient (Wildman–Crippen LogP) is 1.25. The molecule has 0 aromatic carbocycles. The lowest BCUT2D eigenvalue weighted by Crippen LogP contribution is -2.53. The third-order valence-corrected chi connectivity index (χ3v) is 4.25. The van der Waals surface area contributed by atoms with Crippen LogP contribution in [-0.4, -0.2) is 51.1 Å². The van der Waals surface area contributed by atoms with Crippen molar-refractivity contribution >= 4 is 5.97 Å². The van der Waals surface area contributed by atoms with E-state index in [1.165, 1.54) is 0 Å². The first-order chi connectivity index (χ1) is 9.91. The number of carbonyl (C=O) groups excluding carboxylic acids is 1. The van der Waals surface area contributed by atoms with Crippen molar-refractivity contribution in [3.8, 4) is 0 Å². The van der Waals surface area contributed by atoms with Gasteiger partial charge in [0.15, 0.2) is 11.4 Å². The topological polar surface area (TPSA) is 63.2 Å². The fourth-order valence-electron chi connectivity index (χ4n) is 3.13. The number of carbonyl (C=O) groups is 1. The van der Waals surface area contributed by atoms with Crippen molar-refractivity contribution in [2.45, 2.75) is 31.7 Å². The van der Waals surface area contributed by atoms with Crippen molar-refractivity contribution in [2.24, 2.45) is 11.3 Å². The summed E-state index contributed by atoms with van der Waals surface area (Å²) < 4.78 is 27.9. The molecule has 3 aliphatic rings. The van der Waals surface area contributed by atoms with Crippen molar-refractivity contribution in [2.75, 3.05) is 33.7 Å². The molecule has 1 aliphatic carbocycles. The molecule has 0 aromatic rings. The Kier molecular flexibility index (Phi) is 3.60. The Bertz CT molecular complexity index is 447. The summed E-state index contributed by atoms with van der Waals surface area (Å²) in [5, 5.41) is 0. The SMILES string of the molecule is COCOC[C@]12C=CC3(OCC(C)(C)CO3)[C@H]1CC(=O)O2. The van der Waals surface area contributed by atoms with Gasteiger partial charge in [-0.3, -0.25) is 4.79 Å². The molecular formula is C15H22O6. The molecule has 0 amide bonds. The summed E-state index contributed by atoms with van der Waals surface area (Å²) in [5.74, 6) is -1.34. The van der Waals surface area contributed by atoms with Crippen LogP contribution in [0.25, 0.3) is 0 Å².